The number of aromatic nitrogens is 1. The van der Waals surface area contributed by atoms with Gasteiger partial charge in [0, 0.05) is 6.54 Å². The number of ether oxygens (including phenoxy) is 1. The first-order chi connectivity index (χ1) is 7.04. The van der Waals surface area contributed by atoms with Crippen LogP contribution >= 0.6 is 0 Å². The Kier molecular flexibility index (Phi) is 2.80. The normalized spacial score (nSPS) is 27.1. The van der Waals surface area contributed by atoms with Crippen LogP contribution in [0.4, 0.5) is 0 Å². The number of rotatable bonds is 2. The van der Waals surface area contributed by atoms with Gasteiger partial charge in [0.25, 0.3) is 0 Å². The minimum absolute atomic E-state index is 0.0855. The molecule has 1 saturated heterocycles. The molecule has 0 radical (unpaired) electrons. The fourth-order valence-electron chi connectivity index (χ4n) is 1.89. The van der Waals surface area contributed by atoms with Gasteiger partial charge in [-0.2, -0.15) is 0 Å². The Bertz CT molecular complexity index is 303. The van der Waals surface area contributed by atoms with Gasteiger partial charge in [0.05, 0.1) is 23.9 Å². The highest BCUT2D eigenvalue weighted by molar-refractivity contribution is 4.96. The zero-order valence-corrected chi connectivity index (χ0v) is 9.49. The van der Waals surface area contributed by atoms with Crippen molar-refractivity contribution in [3.63, 3.8) is 0 Å². The summed E-state index contributed by atoms with van der Waals surface area (Å²) < 4.78 is 11.2. The van der Waals surface area contributed by atoms with Crippen LogP contribution in [0, 0.1) is 0 Å². The third-order valence-electron chi connectivity index (χ3n) is 2.36. The van der Waals surface area contributed by atoms with E-state index in [1.165, 1.54) is 0 Å². The van der Waals surface area contributed by atoms with Crippen molar-refractivity contribution in [2.45, 2.75) is 44.9 Å². The molecule has 1 aliphatic heterocycles. The fraction of sp³-hybridized carbons (Fsp3) is 0.727. The first-order valence-electron chi connectivity index (χ1n) is 5.35. The number of hydrogen-bond acceptors (Lipinski definition) is 4. The second-order valence-corrected chi connectivity index (χ2v) is 4.92. The monoisotopic (exact) mass is 210 g/mol. The Morgan fingerprint density at radius 1 is 1.53 bits per heavy atom. The molecule has 0 saturated carbocycles. The zero-order valence-electron chi connectivity index (χ0n) is 9.49. The van der Waals surface area contributed by atoms with Crippen molar-refractivity contribution in [1.29, 1.82) is 0 Å². The predicted octanol–water partition coefficient (Wildman–Crippen LogP) is 1.89. The lowest BCUT2D eigenvalue weighted by atomic mass is 10.1. The molecule has 1 fully saturated rings. The largest absolute Gasteiger partial charge is 0.447 e. The maximum atomic E-state index is 5.89. The van der Waals surface area contributed by atoms with Crippen molar-refractivity contribution in [2.24, 2.45) is 0 Å². The van der Waals surface area contributed by atoms with Crippen molar-refractivity contribution >= 4 is 0 Å². The van der Waals surface area contributed by atoms with Gasteiger partial charge >= 0.3 is 0 Å². The number of hydrogen-bond donors (Lipinski definition) is 1. The molecule has 1 aromatic rings. The van der Waals surface area contributed by atoms with E-state index in [0.717, 1.165) is 18.9 Å². The van der Waals surface area contributed by atoms with Crippen LogP contribution in [-0.4, -0.2) is 23.2 Å². The van der Waals surface area contributed by atoms with Gasteiger partial charge in [-0.25, -0.2) is 4.98 Å². The van der Waals surface area contributed by atoms with E-state index < -0.39 is 0 Å². The highest BCUT2D eigenvalue weighted by Gasteiger charge is 2.31. The van der Waals surface area contributed by atoms with E-state index in [4.69, 9.17) is 9.15 Å². The van der Waals surface area contributed by atoms with Crippen LogP contribution < -0.4 is 5.32 Å². The van der Waals surface area contributed by atoms with Gasteiger partial charge in [0.2, 0.25) is 5.89 Å². The smallest absolute Gasteiger partial charge is 0.211 e. The molecule has 15 heavy (non-hydrogen) atoms. The van der Waals surface area contributed by atoms with Crippen molar-refractivity contribution in [3.05, 3.63) is 18.4 Å². The summed E-state index contributed by atoms with van der Waals surface area (Å²) in [5, 5.41) is 3.35. The van der Waals surface area contributed by atoms with E-state index in [2.05, 4.69) is 31.1 Å². The molecular weight excluding hydrogens is 192 g/mol. The minimum Gasteiger partial charge on any atom is -0.447 e. The quantitative estimate of drug-likeness (QED) is 0.809. The van der Waals surface area contributed by atoms with Crippen molar-refractivity contribution < 1.29 is 9.15 Å². The molecule has 0 unspecified atom stereocenters. The van der Waals surface area contributed by atoms with E-state index in [9.17, 15) is 0 Å². The Morgan fingerprint density at radius 2 is 2.33 bits per heavy atom. The summed E-state index contributed by atoms with van der Waals surface area (Å²) in [6.45, 7) is 7.09. The molecule has 0 spiro atoms. The highest BCUT2D eigenvalue weighted by Crippen LogP contribution is 2.26. The van der Waals surface area contributed by atoms with E-state index in [1.807, 2.05) is 0 Å². The van der Waals surface area contributed by atoms with Crippen LogP contribution in [0.2, 0.25) is 0 Å². The molecule has 84 valence electrons. The van der Waals surface area contributed by atoms with E-state index >= 15 is 0 Å². The summed E-state index contributed by atoms with van der Waals surface area (Å²) in [6, 6.07) is 0.201. The average molecular weight is 210 g/mol. The molecule has 4 heteroatoms. The SMILES string of the molecule is CC(C)(C)O[C@@H]1CN[C@H](c2ncco2)C1. The summed E-state index contributed by atoms with van der Waals surface area (Å²) in [5.41, 5.74) is -0.0855. The summed E-state index contributed by atoms with van der Waals surface area (Å²) >= 11 is 0. The number of nitrogens with zero attached hydrogens (tertiary/aromatic N) is 1. The van der Waals surface area contributed by atoms with Gasteiger partial charge in [-0.05, 0) is 27.2 Å². The lowest BCUT2D eigenvalue weighted by Gasteiger charge is -2.24. The zero-order chi connectivity index (χ0) is 10.9. The molecular formula is C11H18N2O2. The molecule has 1 aromatic heterocycles. The molecule has 1 N–H and O–H groups in total. The van der Waals surface area contributed by atoms with Crippen LogP contribution in [-0.2, 0) is 4.74 Å². The van der Waals surface area contributed by atoms with Gasteiger partial charge in [-0.3, -0.25) is 0 Å². The molecule has 2 atom stereocenters. The Hall–Kier alpha value is -0.870. The Balaban J connectivity index is 1.90. The van der Waals surface area contributed by atoms with Crippen LogP contribution in [0.25, 0.3) is 0 Å². The van der Waals surface area contributed by atoms with Crippen molar-refractivity contribution in [2.75, 3.05) is 6.54 Å². The summed E-state index contributed by atoms with van der Waals surface area (Å²) in [5.74, 6) is 0.759. The maximum Gasteiger partial charge on any atom is 0.211 e. The third-order valence-corrected chi connectivity index (χ3v) is 2.36. The first-order valence-corrected chi connectivity index (χ1v) is 5.35. The predicted molar refractivity (Wildman–Crippen MR) is 56.5 cm³/mol. The number of oxazole rings is 1. The molecule has 1 aliphatic rings. The van der Waals surface area contributed by atoms with E-state index in [1.54, 1.807) is 12.5 Å². The lowest BCUT2D eigenvalue weighted by molar-refractivity contribution is -0.0512. The standard InChI is InChI=1S/C11H18N2O2/c1-11(2,3)15-8-6-9(13-7-8)10-12-4-5-14-10/h4-5,8-9,13H,6-7H2,1-3H3/t8-,9-/m0/s1. The van der Waals surface area contributed by atoms with Crippen LogP contribution in [0.15, 0.2) is 16.9 Å². The molecule has 0 aromatic carbocycles. The molecule has 2 rings (SSSR count). The Morgan fingerprint density at radius 3 is 2.93 bits per heavy atom. The van der Waals surface area contributed by atoms with Gasteiger partial charge in [-0.1, -0.05) is 0 Å². The fourth-order valence-corrected chi connectivity index (χ4v) is 1.89. The van der Waals surface area contributed by atoms with E-state index in [0.29, 0.717) is 0 Å². The molecule has 4 nitrogen and oxygen atoms in total. The van der Waals surface area contributed by atoms with Gasteiger partial charge < -0.3 is 14.5 Å². The van der Waals surface area contributed by atoms with Crippen LogP contribution in [0.1, 0.15) is 39.1 Å². The Labute approximate surface area is 90.0 Å². The second-order valence-electron chi connectivity index (χ2n) is 4.92. The summed E-state index contributed by atoms with van der Waals surface area (Å²) in [4.78, 5) is 4.14. The van der Waals surface area contributed by atoms with Crippen LogP contribution in [0.3, 0.4) is 0 Å². The topological polar surface area (TPSA) is 47.3 Å². The lowest BCUT2D eigenvalue weighted by Crippen LogP contribution is -2.28. The van der Waals surface area contributed by atoms with Crippen molar-refractivity contribution in [1.82, 2.24) is 10.3 Å². The minimum atomic E-state index is -0.0855. The second kappa shape index (κ2) is 3.94. The molecule has 0 amide bonds. The van der Waals surface area contributed by atoms with Crippen LogP contribution in [0.5, 0.6) is 0 Å². The van der Waals surface area contributed by atoms with Gasteiger partial charge in [-0.15, -0.1) is 0 Å². The van der Waals surface area contributed by atoms with Crippen molar-refractivity contribution in [3.8, 4) is 0 Å². The number of nitrogens with one attached hydrogen (secondary N) is 1. The molecule has 0 aliphatic carbocycles. The summed E-state index contributed by atoms with van der Waals surface area (Å²) in [6.07, 6.45) is 4.46. The highest BCUT2D eigenvalue weighted by atomic mass is 16.5. The maximum absolute atomic E-state index is 5.89. The average Bonchev–Trinajstić information content (AvgIpc) is 2.68. The molecule has 2 heterocycles. The molecule has 0 bridgehead atoms. The van der Waals surface area contributed by atoms with E-state index in [-0.39, 0.29) is 17.7 Å². The van der Waals surface area contributed by atoms with Gasteiger partial charge in [0.1, 0.15) is 6.26 Å². The first kappa shape index (κ1) is 10.6. The third kappa shape index (κ3) is 2.79. The van der Waals surface area contributed by atoms with Gasteiger partial charge in [0.15, 0.2) is 0 Å². The summed E-state index contributed by atoms with van der Waals surface area (Å²) in [7, 11) is 0.